The van der Waals surface area contributed by atoms with E-state index in [-0.39, 0.29) is 23.7 Å². The summed E-state index contributed by atoms with van der Waals surface area (Å²) in [7, 11) is 0. The van der Waals surface area contributed by atoms with Crippen molar-refractivity contribution in [1.29, 1.82) is 0 Å². The molecule has 0 spiro atoms. The fourth-order valence-electron chi connectivity index (χ4n) is 3.08. The van der Waals surface area contributed by atoms with Gasteiger partial charge >= 0.3 is 0 Å². The van der Waals surface area contributed by atoms with Crippen molar-refractivity contribution in [3.63, 3.8) is 0 Å². The molecular weight excluding hydrogens is 419 g/mol. The van der Waals surface area contributed by atoms with Crippen LogP contribution in [0.3, 0.4) is 0 Å². The van der Waals surface area contributed by atoms with E-state index < -0.39 is 0 Å². The first-order valence-corrected chi connectivity index (χ1v) is 10.5. The highest BCUT2D eigenvalue weighted by molar-refractivity contribution is 6.29. The minimum absolute atomic E-state index is 0.0807. The number of aliphatic hydroxyl groups excluding tert-OH is 1. The second-order valence-corrected chi connectivity index (χ2v) is 7.83. The van der Waals surface area contributed by atoms with Crippen molar-refractivity contribution in [1.82, 2.24) is 9.72 Å². The van der Waals surface area contributed by atoms with Crippen LogP contribution in [-0.4, -0.2) is 22.0 Å². The second kappa shape index (κ2) is 11.6. The number of aromatic nitrogens is 1. The summed E-state index contributed by atoms with van der Waals surface area (Å²) in [4.78, 5) is 23.8. The van der Waals surface area contributed by atoms with E-state index in [2.05, 4.69) is 5.32 Å². The molecule has 0 fully saturated rings. The molecule has 7 heteroatoms. The minimum atomic E-state index is -0.270. The van der Waals surface area contributed by atoms with Gasteiger partial charge in [0.2, 0.25) is 5.91 Å². The van der Waals surface area contributed by atoms with Crippen molar-refractivity contribution in [2.24, 2.45) is 0 Å². The summed E-state index contributed by atoms with van der Waals surface area (Å²) in [5.74, 6) is -0.406. The van der Waals surface area contributed by atoms with Gasteiger partial charge in [0.05, 0.1) is 5.52 Å². The topological polar surface area (TPSA) is 70.8 Å². The van der Waals surface area contributed by atoms with Crippen LogP contribution >= 0.6 is 11.6 Å². The number of carbonyl (C=O) groups is 1. The van der Waals surface area contributed by atoms with Crippen LogP contribution in [0.1, 0.15) is 43.4 Å². The standard InChI is InChI=1S/C21H20ClFN2O2.C3H8O/c1-13-8-17(11-24-14(2)26)20-7-6-15(12-25(20)21(13)27)9-16-4-3-5-18(22)10-19(16)23;1-2-3-4/h3-8,12H,9-11H2,1-2H3,(H,24,26);4H,2-3H2,1H3. The first kappa shape index (κ1) is 24.6. The molecule has 0 saturated heterocycles. The van der Waals surface area contributed by atoms with E-state index in [9.17, 15) is 14.0 Å². The summed E-state index contributed by atoms with van der Waals surface area (Å²) in [6, 6.07) is 5.49. The van der Waals surface area contributed by atoms with Gasteiger partial charge in [-0.2, -0.15) is 0 Å². The Kier molecular flexibility index (Phi) is 9.21. The molecule has 1 aliphatic carbocycles. The summed E-state index contributed by atoms with van der Waals surface area (Å²) >= 11 is 5.93. The van der Waals surface area contributed by atoms with E-state index >= 15 is 0 Å². The maximum Gasteiger partial charge on any atom is 0.258 e. The molecule has 0 bridgehead atoms. The third kappa shape index (κ3) is 6.91. The van der Waals surface area contributed by atoms with Crippen molar-refractivity contribution in [2.45, 2.75) is 46.6 Å². The lowest BCUT2D eigenvalue weighted by molar-refractivity contribution is -0.119. The molecule has 2 aromatic rings. The Hall–Kier alpha value is -2.70. The largest absolute Gasteiger partial charge is 0.396 e. The second-order valence-electron chi connectivity index (χ2n) is 7.34. The van der Waals surface area contributed by atoms with E-state index in [1.54, 1.807) is 41.8 Å². The number of pyridine rings is 2. The van der Waals surface area contributed by atoms with Crippen molar-refractivity contribution in [3.8, 4) is 0 Å². The van der Waals surface area contributed by atoms with Crippen molar-refractivity contribution >= 4 is 23.0 Å². The summed E-state index contributed by atoms with van der Waals surface area (Å²) in [6.45, 7) is 5.78. The summed E-state index contributed by atoms with van der Waals surface area (Å²) in [5.41, 5.74) is 3.38. The zero-order valence-corrected chi connectivity index (χ0v) is 18.8. The van der Waals surface area contributed by atoms with Crippen molar-refractivity contribution in [3.05, 3.63) is 86.1 Å². The molecular formula is C24H28ClFN2O3. The average molecular weight is 447 g/mol. The highest BCUT2D eigenvalue weighted by Crippen LogP contribution is 2.26. The third-order valence-corrected chi connectivity index (χ3v) is 4.94. The Labute approximate surface area is 186 Å². The van der Waals surface area contributed by atoms with E-state index in [0.717, 1.165) is 23.1 Å². The van der Waals surface area contributed by atoms with Crippen LogP contribution in [0.25, 0.3) is 5.52 Å². The molecule has 0 aliphatic heterocycles. The van der Waals surface area contributed by atoms with Crippen LogP contribution in [0.15, 0.2) is 63.9 Å². The van der Waals surface area contributed by atoms with Gasteiger partial charge in [0.25, 0.3) is 5.56 Å². The number of amides is 1. The highest BCUT2D eigenvalue weighted by Gasteiger charge is 2.12. The molecule has 31 heavy (non-hydrogen) atoms. The molecule has 1 amide bonds. The number of rotatable bonds is 5. The zero-order valence-electron chi connectivity index (χ0n) is 18.0. The number of nitrogens with zero attached hydrogens (tertiary/aromatic N) is 1. The highest BCUT2D eigenvalue weighted by atomic mass is 35.5. The number of aliphatic hydroxyl groups is 1. The van der Waals surface area contributed by atoms with Gasteiger partial charge in [-0.3, -0.25) is 14.0 Å². The monoisotopic (exact) mass is 446 g/mol. The predicted molar refractivity (Wildman–Crippen MR) is 123 cm³/mol. The number of fused-ring (bicyclic) bond motifs is 1. The zero-order chi connectivity index (χ0) is 23.0. The average Bonchev–Trinajstić information content (AvgIpc) is 2.89. The van der Waals surface area contributed by atoms with Crippen LogP contribution in [0.4, 0.5) is 4.39 Å². The molecule has 0 aromatic carbocycles. The Morgan fingerprint density at radius 3 is 2.71 bits per heavy atom. The fourth-order valence-corrected chi connectivity index (χ4v) is 3.27. The fraction of sp³-hybridized carbons (Fsp3) is 0.333. The molecule has 2 aromatic heterocycles. The lowest BCUT2D eigenvalue weighted by Gasteiger charge is -2.12. The number of halogens is 2. The van der Waals surface area contributed by atoms with Gasteiger partial charge in [0.1, 0.15) is 5.83 Å². The molecule has 166 valence electrons. The number of aryl methyl sites for hydroxylation is 1. The number of nitrogens with one attached hydrogen (secondary N) is 1. The van der Waals surface area contributed by atoms with Crippen molar-refractivity contribution < 1.29 is 14.3 Å². The number of hydrogen-bond donors (Lipinski definition) is 2. The van der Waals surface area contributed by atoms with Crippen LogP contribution in [0, 0.1) is 6.92 Å². The maximum atomic E-state index is 14.3. The third-order valence-electron chi connectivity index (χ3n) is 4.68. The smallest absolute Gasteiger partial charge is 0.258 e. The first-order chi connectivity index (χ1) is 14.8. The van der Waals surface area contributed by atoms with Crippen molar-refractivity contribution in [2.75, 3.05) is 6.61 Å². The molecule has 0 saturated carbocycles. The van der Waals surface area contributed by atoms with E-state index in [4.69, 9.17) is 16.7 Å². The minimum Gasteiger partial charge on any atom is -0.396 e. The summed E-state index contributed by atoms with van der Waals surface area (Å²) < 4.78 is 15.9. The van der Waals surface area contributed by atoms with Crippen LogP contribution in [0.2, 0.25) is 0 Å². The van der Waals surface area contributed by atoms with Gasteiger partial charge in [0.15, 0.2) is 0 Å². The summed E-state index contributed by atoms with van der Waals surface area (Å²) in [5, 5.41) is 11.1. The molecule has 2 N–H and O–H groups in total. The SMILES string of the molecule is CC(=O)NCc1cc(C)c(=O)n2cc(CC3=C(F)CC(Cl)=CC=C3)ccc12.CCCO. The van der Waals surface area contributed by atoms with E-state index in [1.807, 2.05) is 19.1 Å². The molecule has 3 rings (SSSR count). The van der Waals surface area contributed by atoms with E-state index in [1.165, 1.54) is 6.92 Å². The van der Waals surface area contributed by atoms with Crippen LogP contribution in [0.5, 0.6) is 0 Å². The van der Waals surface area contributed by atoms with Crippen LogP contribution < -0.4 is 10.9 Å². The maximum absolute atomic E-state index is 14.3. The van der Waals surface area contributed by atoms with Gasteiger partial charge in [-0.25, -0.2) is 4.39 Å². The summed E-state index contributed by atoms with van der Waals surface area (Å²) in [6.07, 6.45) is 8.16. The Bertz CT molecular complexity index is 1100. The van der Waals surface area contributed by atoms with E-state index in [0.29, 0.717) is 35.7 Å². The molecule has 0 radical (unpaired) electrons. The number of carbonyl (C=O) groups excluding carboxylic acids is 1. The quantitative estimate of drug-likeness (QED) is 0.711. The van der Waals surface area contributed by atoms with Crippen LogP contribution in [-0.2, 0) is 17.8 Å². The lowest BCUT2D eigenvalue weighted by atomic mass is 10.0. The first-order valence-electron chi connectivity index (χ1n) is 10.2. The van der Waals surface area contributed by atoms with Gasteiger partial charge in [-0.15, -0.1) is 0 Å². The molecule has 0 unspecified atom stereocenters. The van der Waals surface area contributed by atoms with Gasteiger partial charge in [0, 0.05) is 49.7 Å². The lowest BCUT2D eigenvalue weighted by Crippen LogP contribution is -2.23. The van der Waals surface area contributed by atoms with Gasteiger partial charge in [-0.05, 0) is 48.3 Å². The number of allylic oxidation sites excluding steroid dienone is 6. The van der Waals surface area contributed by atoms with Gasteiger partial charge < -0.3 is 10.4 Å². The Morgan fingerprint density at radius 1 is 1.35 bits per heavy atom. The Morgan fingerprint density at radius 2 is 2.06 bits per heavy atom. The predicted octanol–water partition coefficient (Wildman–Crippen LogP) is 4.48. The normalized spacial score (nSPS) is 13.4. The molecule has 0 atom stereocenters. The molecule has 2 heterocycles. The Balaban J connectivity index is 0.000000785. The number of hydrogen-bond acceptors (Lipinski definition) is 3. The van der Waals surface area contributed by atoms with Gasteiger partial charge in [-0.1, -0.05) is 36.7 Å². The molecule has 1 aliphatic rings. The molecule has 5 nitrogen and oxygen atoms in total.